The molecule has 0 unspecified atom stereocenters. The molecule has 0 aliphatic heterocycles. The molecule has 0 atom stereocenters. The van der Waals surface area contributed by atoms with Gasteiger partial charge in [-0.05, 0) is 35.9 Å². The van der Waals surface area contributed by atoms with E-state index in [1.807, 2.05) is 18.4 Å². The number of sulfonamides is 1. The Morgan fingerprint density at radius 3 is 2.38 bits per heavy atom. The Morgan fingerprint density at radius 2 is 1.81 bits per heavy atom. The summed E-state index contributed by atoms with van der Waals surface area (Å²) in [6, 6.07) is 10.8. The Morgan fingerprint density at radius 1 is 1.15 bits per heavy atom. The molecule has 0 spiro atoms. The SMILES string of the molecule is CC(C)(c1ccc(S(N)(=O)=O)cc1)c1cncn1-c1ccc(F)c(Cl)c1. The second kappa shape index (κ2) is 6.50. The van der Waals surface area contributed by atoms with Crippen LogP contribution in [0.3, 0.4) is 0 Å². The number of nitrogens with zero attached hydrogens (tertiary/aromatic N) is 2. The smallest absolute Gasteiger partial charge is 0.238 e. The average molecular weight is 394 g/mol. The number of imidazole rings is 1. The monoisotopic (exact) mass is 393 g/mol. The predicted octanol–water partition coefficient (Wildman–Crippen LogP) is 3.64. The summed E-state index contributed by atoms with van der Waals surface area (Å²) in [5.41, 5.74) is 1.88. The summed E-state index contributed by atoms with van der Waals surface area (Å²) in [6.45, 7) is 3.97. The van der Waals surface area contributed by atoms with Crippen LogP contribution in [0.15, 0.2) is 59.9 Å². The molecule has 136 valence electrons. The number of hydrogen-bond donors (Lipinski definition) is 1. The molecule has 0 fully saturated rings. The molecule has 0 saturated heterocycles. The zero-order valence-corrected chi connectivity index (χ0v) is 15.7. The molecule has 2 aromatic carbocycles. The first-order valence-electron chi connectivity index (χ1n) is 7.72. The molecule has 0 aliphatic carbocycles. The maximum Gasteiger partial charge on any atom is 0.238 e. The molecule has 2 N–H and O–H groups in total. The highest BCUT2D eigenvalue weighted by molar-refractivity contribution is 7.89. The summed E-state index contributed by atoms with van der Waals surface area (Å²) in [4.78, 5) is 4.26. The van der Waals surface area contributed by atoms with E-state index in [4.69, 9.17) is 16.7 Å². The van der Waals surface area contributed by atoms with E-state index in [0.717, 1.165) is 11.3 Å². The van der Waals surface area contributed by atoms with E-state index in [1.54, 1.807) is 30.7 Å². The molecule has 0 amide bonds. The van der Waals surface area contributed by atoms with Gasteiger partial charge in [-0.15, -0.1) is 0 Å². The van der Waals surface area contributed by atoms with Gasteiger partial charge in [-0.25, -0.2) is 22.9 Å². The summed E-state index contributed by atoms with van der Waals surface area (Å²) in [5.74, 6) is -0.491. The lowest BCUT2D eigenvalue weighted by molar-refractivity contribution is 0.593. The minimum absolute atomic E-state index is 0.0254. The van der Waals surface area contributed by atoms with E-state index in [2.05, 4.69) is 4.98 Å². The lowest BCUT2D eigenvalue weighted by atomic mass is 9.81. The van der Waals surface area contributed by atoms with Crippen molar-refractivity contribution in [2.75, 3.05) is 0 Å². The highest BCUT2D eigenvalue weighted by Crippen LogP contribution is 2.33. The van der Waals surface area contributed by atoms with E-state index in [0.29, 0.717) is 5.69 Å². The van der Waals surface area contributed by atoms with Crippen molar-refractivity contribution in [2.24, 2.45) is 5.14 Å². The Hall–Kier alpha value is -2.22. The molecular formula is C18H17ClFN3O2S. The van der Waals surface area contributed by atoms with E-state index in [9.17, 15) is 12.8 Å². The van der Waals surface area contributed by atoms with Crippen molar-refractivity contribution in [1.29, 1.82) is 0 Å². The number of benzene rings is 2. The second-order valence-corrected chi connectivity index (χ2v) is 8.41. The molecule has 26 heavy (non-hydrogen) atoms. The molecule has 3 rings (SSSR count). The third-order valence-electron chi connectivity index (χ3n) is 4.36. The molecule has 0 bridgehead atoms. The predicted molar refractivity (Wildman–Crippen MR) is 98.5 cm³/mol. The van der Waals surface area contributed by atoms with Crippen molar-refractivity contribution in [2.45, 2.75) is 24.2 Å². The maximum atomic E-state index is 13.5. The van der Waals surface area contributed by atoms with Crippen LogP contribution in [0.5, 0.6) is 0 Å². The molecule has 1 heterocycles. The molecule has 0 radical (unpaired) electrons. The van der Waals surface area contributed by atoms with Crippen LogP contribution in [0.4, 0.5) is 4.39 Å². The van der Waals surface area contributed by atoms with Gasteiger partial charge in [0.15, 0.2) is 0 Å². The fourth-order valence-electron chi connectivity index (χ4n) is 2.81. The van der Waals surface area contributed by atoms with Gasteiger partial charge in [-0.1, -0.05) is 37.6 Å². The van der Waals surface area contributed by atoms with Crippen molar-refractivity contribution in [3.05, 3.63) is 77.1 Å². The zero-order chi connectivity index (χ0) is 19.1. The first kappa shape index (κ1) is 18.6. The van der Waals surface area contributed by atoms with Crippen LogP contribution in [-0.2, 0) is 15.4 Å². The van der Waals surface area contributed by atoms with Gasteiger partial charge in [-0.3, -0.25) is 0 Å². The van der Waals surface area contributed by atoms with E-state index < -0.39 is 21.3 Å². The van der Waals surface area contributed by atoms with E-state index >= 15 is 0 Å². The summed E-state index contributed by atoms with van der Waals surface area (Å²) in [5, 5.41) is 5.18. The van der Waals surface area contributed by atoms with Gasteiger partial charge in [0.2, 0.25) is 10.0 Å². The molecule has 5 nitrogen and oxygen atoms in total. The van der Waals surface area contributed by atoms with Gasteiger partial charge >= 0.3 is 0 Å². The lowest BCUT2D eigenvalue weighted by Gasteiger charge is -2.27. The summed E-state index contributed by atoms with van der Waals surface area (Å²) < 4.78 is 38.2. The largest absolute Gasteiger partial charge is 0.302 e. The minimum atomic E-state index is -3.75. The van der Waals surface area contributed by atoms with Crippen LogP contribution in [0, 0.1) is 5.82 Å². The Kier molecular flexibility index (Phi) is 4.64. The van der Waals surface area contributed by atoms with Crippen molar-refractivity contribution >= 4 is 21.6 Å². The molecule has 8 heteroatoms. The van der Waals surface area contributed by atoms with Crippen molar-refractivity contribution < 1.29 is 12.8 Å². The lowest BCUT2D eigenvalue weighted by Crippen LogP contribution is -2.23. The fraction of sp³-hybridized carbons (Fsp3) is 0.167. The standard InChI is InChI=1S/C18H17ClFN3O2S/c1-18(2,12-3-6-14(7-4-12)26(21,24)25)17-10-22-11-23(17)13-5-8-16(20)15(19)9-13/h3-11H,1-2H3,(H2,21,24,25). The number of halogens is 2. The van der Waals surface area contributed by atoms with Crippen LogP contribution in [0.25, 0.3) is 5.69 Å². The summed E-state index contributed by atoms with van der Waals surface area (Å²) in [7, 11) is -3.75. The van der Waals surface area contributed by atoms with Gasteiger partial charge in [0.25, 0.3) is 0 Å². The van der Waals surface area contributed by atoms with E-state index in [1.165, 1.54) is 24.3 Å². The quantitative estimate of drug-likeness (QED) is 0.735. The van der Waals surface area contributed by atoms with Gasteiger partial charge in [0.05, 0.1) is 21.9 Å². The average Bonchev–Trinajstić information content (AvgIpc) is 3.07. The van der Waals surface area contributed by atoms with Gasteiger partial charge in [0.1, 0.15) is 5.82 Å². The summed E-state index contributed by atoms with van der Waals surface area (Å²) >= 11 is 5.90. The number of primary sulfonamides is 1. The third-order valence-corrected chi connectivity index (χ3v) is 5.58. The first-order chi connectivity index (χ1) is 12.1. The van der Waals surface area contributed by atoms with E-state index in [-0.39, 0.29) is 9.92 Å². The Balaban J connectivity index is 2.06. The molecule has 0 aliphatic rings. The first-order valence-corrected chi connectivity index (χ1v) is 9.65. The molecule has 0 saturated carbocycles. The number of hydrogen-bond acceptors (Lipinski definition) is 3. The highest BCUT2D eigenvalue weighted by atomic mass is 35.5. The number of rotatable bonds is 4. The minimum Gasteiger partial charge on any atom is -0.302 e. The van der Waals surface area contributed by atoms with Crippen LogP contribution in [0.1, 0.15) is 25.1 Å². The van der Waals surface area contributed by atoms with Crippen LogP contribution in [0.2, 0.25) is 5.02 Å². The van der Waals surface area contributed by atoms with Crippen LogP contribution >= 0.6 is 11.6 Å². The highest BCUT2D eigenvalue weighted by Gasteiger charge is 2.28. The summed E-state index contributed by atoms with van der Waals surface area (Å²) in [6.07, 6.45) is 3.34. The number of nitrogens with two attached hydrogens (primary N) is 1. The third kappa shape index (κ3) is 3.38. The normalized spacial score (nSPS) is 12.3. The van der Waals surface area contributed by atoms with Gasteiger partial charge in [0, 0.05) is 17.3 Å². The molecule has 1 aromatic heterocycles. The van der Waals surface area contributed by atoms with Crippen molar-refractivity contribution in [3.8, 4) is 5.69 Å². The topological polar surface area (TPSA) is 78.0 Å². The van der Waals surface area contributed by atoms with Crippen LogP contribution < -0.4 is 5.14 Å². The fourth-order valence-corrected chi connectivity index (χ4v) is 3.50. The molecular weight excluding hydrogens is 377 g/mol. The Labute approximate surface area is 156 Å². The second-order valence-electron chi connectivity index (χ2n) is 6.44. The van der Waals surface area contributed by atoms with Crippen molar-refractivity contribution in [3.63, 3.8) is 0 Å². The van der Waals surface area contributed by atoms with Gasteiger partial charge in [-0.2, -0.15) is 0 Å². The zero-order valence-electron chi connectivity index (χ0n) is 14.1. The molecule has 3 aromatic rings. The van der Waals surface area contributed by atoms with Crippen molar-refractivity contribution in [1.82, 2.24) is 9.55 Å². The van der Waals surface area contributed by atoms with Gasteiger partial charge < -0.3 is 4.57 Å². The number of aromatic nitrogens is 2. The van der Waals surface area contributed by atoms with Crippen LogP contribution in [-0.4, -0.2) is 18.0 Å². The Bertz CT molecular complexity index is 1060. The maximum absolute atomic E-state index is 13.5.